The molecule has 0 spiro atoms. The van der Waals surface area contributed by atoms with Crippen molar-refractivity contribution < 1.29 is 48.0 Å². The van der Waals surface area contributed by atoms with Crippen molar-refractivity contribution in [2.75, 3.05) is 37.7 Å². The summed E-state index contributed by atoms with van der Waals surface area (Å²) in [6, 6.07) is 2.64. The van der Waals surface area contributed by atoms with Crippen molar-refractivity contribution in [2.45, 2.75) is 25.1 Å². The molecule has 0 bridgehead atoms. The average molecular weight is 555 g/mol. The van der Waals surface area contributed by atoms with Crippen LogP contribution in [-0.4, -0.2) is 87.8 Å². The normalized spacial score (nSPS) is 15.9. The highest BCUT2D eigenvalue weighted by Crippen LogP contribution is 2.38. The number of rotatable bonds is 7. The summed E-state index contributed by atoms with van der Waals surface area (Å²) in [7, 11) is -1.17. The number of aldehydes is 1. The van der Waals surface area contributed by atoms with Crippen molar-refractivity contribution in [1.82, 2.24) is 14.8 Å². The van der Waals surface area contributed by atoms with Gasteiger partial charge in [-0.2, -0.15) is 4.89 Å². The Morgan fingerprint density at radius 3 is 2.39 bits per heavy atom. The second-order valence-electron chi connectivity index (χ2n) is 8.40. The number of fused-ring (bicyclic) bond motifs is 1. The maximum absolute atomic E-state index is 15.0. The van der Waals surface area contributed by atoms with Gasteiger partial charge in [0.15, 0.2) is 19.1 Å². The van der Waals surface area contributed by atoms with Gasteiger partial charge in [0.2, 0.25) is 5.43 Å². The van der Waals surface area contributed by atoms with E-state index in [0.717, 1.165) is 18.9 Å². The molecule has 2 unspecified atom stereocenters. The predicted octanol–water partition coefficient (Wildman–Crippen LogP) is -0.0165. The van der Waals surface area contributed by atoms with Crippen LogP contribution in [0.25, 0.3) is 10.9 Å². The molecule has 4 rings (SSSR count). The van der Waals surface area contributed by atoms with Gasteiger partial charge in [-0.1, -0.05) is 0 Å². The molecule has 1 aromatic carbocycles. The average Bonchev–Trinajstić information content (AvgIpc) is 3.73. The van der Waals surface area contributed by atoms with E-state index in [4.69, 9.17) is 19.3 Å². The van der Waals surface area contributed by atoms with Crippen molar-refractivity contribution in [3.05, 3.63) is 39.9 Å². The largest absolute Gasteiger partial charge is 0.491 e. The summed E-state index contributed by atoms with van der Waals surface area (Å²) < 4.78 is 30.1. The number of ether oxygens (including phenoxy) is 1. The van der Waals surface area contributed by atoms with Gasteiger partial charge in [-0.15, -0.1) is 0 Å². The fourth-order valence-electron chi connectivity index (χ4n) is 4.00. The summed E-state index contributed by atoms with van der Waals surface area (Å²) in [4.78, 5) is 68.2. The number of hydrogen-bond donors (Lipinski definition) is 4. The fourth-order valence-corrected chi connectivity index (χ4v) is 4.00. The Morgan fingerprint density at radius 2 is 1.84 bits per heavy atom. The number of carbonyl (C=O) groups excluding carboxylic acids is 3. The highest BCUT2D eigenvalue weighted by molar-refractivity contribution is 7.16. The van der Waals surface area contributed by atoms with E-state index in [2.05, 4.69) is 0 Å². The van der Waals surface area contributed by atoms with Crippen molar-refractivity contribution in [3.8, 4) is 0 Å². The Morgan fingerprint density at radius 1 is 1.21 bits per heavy atom. The van der Waals surface area contributed by atoms with E-state index in [1.54, 1.807) is 9.47 Å². The molecule has 2 heterocycles. The number of piperazine rings is 1. The molecule has 2 fully saturated rings. The number of carboxylic acids is 1. The zero-order valence-corrected chi connectivity index (χ0v) is 20.8. The summed E-state index contributed by atoms with van der Waals surface area (Å²) in [5.41, 5.74) is -0.473. The molecule has 0 radical (unpaired) electrons. The van der Waals surface area contributed by atoms with Gasteiger partial charge in [-0.3, -0.25) is 14.4 Å². The number of aliphatic hydroxyl groups excluding tert-OH is 1. The number of halogens is 1. The number of nitrogens with zero attached hydrogens (tertiary/aromatic N) is 3. The van der Waals surface area contributed by atoms with Crippen LogP contribution < -0.4 is 15.6 Å². The van der Waals surface area contributed by atoms with Crippen molar-refractivity contribution in [3.63, 3.8) is 0 Å². The van der Waals surface area contributed by atoms with E-state index in [9.17, 15) is 29.1 Å². The number of aromatic nitrogens is 1. The lowest BCUT2D eigenvalue weighted by Gasteiger charge is -2.35. The molecule has 1 saturated heterocycles. The molecule has 2 atom stereocenters. The molecule has 2 aliphatic rings. The molecule has 16 heteroatoms. The number of aromatic carboxylic acids is 1. The van der Waals surface area contributed by atoms with Crippen LogP contribution in [0.1, 0.15) is 29.2 Å². The zero-order valence-electron chi connectivity index (χ0n) is 19.8. The molecule has 1 aliphatic heterocycles. The standard InChI is InChI=1S/C22H23FN4O8.HO2P/c23-15-7-13-16(27(12-1-2-12)9-14(20(13)31)21(32)33)8-17(15)25-3-5-26(6-4-25)22(34)35-11-19(30)24-18(29)10-28;1-3-2/h7-10,12,18,29H,1-6,11H2,(H,24,30)(H,32,33);3H/p+1. The lowest BCUT2D eigenvalue weighted by atomic mass is 10.1. The Labute approximate surface area is 215 Å². The first-order valence-corrected chi connectivity index (χ1v) is 12.2. The van der Waals surface area contributed by atoms with Gasteiger partial charge in [-0.25, -0.2) is 14.0 Å². The summed E-state index contributed by atoms with van der Waals surface area (Å²) >= 11 is 0. The van der Waals surface area contributed by atoms with E-state index in [0.29, 0.717) is 5.52 Å². The Kier molecular flexibility index (Phi) is 9.45. The van der Waals surface area contributed by atoms with E-state index in [-0.39, 0.29) is 49.6 Å². The Bertz CT molecular complexity index is 1310. The number of hydrogen-bond acceptors (Lipinski definition) is 9. The number of benzene rings is 1. The predicted molar refractivity (Wildman–Crippen MR) is 130 cm³/mol. The molecule has 1 aliphatic carbocycles. The van der Waals surface area contributed by atoms with Crippen LogP contribution in [0.3, 0.4) is 0 Å². The topological polar surface area (TPSA) is 196 Å². The third-order valence-corrected chi connectivity index (χ3v) is 5.91. The summed E-state index contributed by atoms with van der Waals surface area (Å²) in [5.74, 6) is -2.89. The van der Waals surface area contributed by atoms with Crippen molar-refractivity contribution in [2.24, 2.45) is 0 Å². The van der Waals surface area contributed by atoms with Crippen molar-refractivity contribution >= 4 is 49.5 Å². The summed E-state index contributed by atoms with van der Waals surface area (Å²) in [5, 5.41) is 20.3. The number of pyridine rings is 1. The van der Waals surface area contributed by atoms with Gasteiger partial charge in [0.25, 0.3) is 5.91 Å². The molecule has 38 heavy (non-hydrogen) atoms. The van der Waals surface area contributed by atoms with Gasteiger partial charge >= 0.3 is 20.7 Å². The number of carbonyl (C=O) groups is 4. The SMILES string of the molecule is O=CC(O)NC(=O)COC(=O)N1CCN(c2cc3c(cc2F)c(=O)c(C(=O)O)cn3C2CC2)CC1.O=[PH+]O. The van der Waals surface area contributed by atoms with Gasteiger partial charge in [0.1, 0.15) is 11.4 Å². The van der Waals surface area contributed by atoms with E-state index < -0.39 is 56.3 Å². The van der Waals surface area contributed by atoms with Gasteiger partial charge in [-0.05, 0) is 29.5 Å². The Hall–Kier alpha value is -3.94. The van der Waals surface area contributed by atoms with Crippen LogP contribution in [0.15, 0.2) is 23.1 Å². The Balaban J connectivity index is 0.00000127. The minimum Gasteiger partial charge on any atom is -0.477 e. The first-order chi connectivity index (χ1) is 18.1. The minimum atomic E-state index is -1.69. The highest BCUT2D eigenvalue weighted by atomic mass is 31.1. The number of nitrogens with one attached hydrogen (secondary N) is 1. The molecular weight excluding hydrogens is 530 g/mol. The fraction of sp³-hybridized carbons (Fsp3) is 0.409. The summed E-state index contributed by atoms with van der Waals surface area (Å²) in [6.45, 7) is 0.147. The van der Waals surface area contributed by atoms with E-state index in [1.807, 2.05) is 5.32 Å². The van der Waals surface area contributed by atoms with Crippen molar-refractivity contribution in [1.29, 1.82) is 0 Å². The molecule has 2 amide bonds. The van der Waals surface area contributed by atoms with E-state index in [1.165, 1.54) is 17.2 Å². The number of aliphatic hydroxyl groups is 1. The first kappa shape index (κ1) is 28.6. The lowest BCUT2D eigenvalue weighted by molar-refractivity contribution is -0.131. The van der Waals surface area contributed by atoms with Gasteiger partial charge < -0.3 is 34.6 Å². The highest BCUT2D eigenvalue weighted by Gasteiger charge is 2.29. The van der Waals surface area contributed by atoms with Gasteiger partial charge in [0.05, 0.1) is 11.2 Å². The smallest absolute Gasteiger partial charge is 0.477 e. The summed E-state index contributed by atoms with van der Waals surface area (Å²) in [6.07, 6.45) is 0.620. The molecular formula is C22H25FN4O10P+. The second-order valence-corrected chi connectivity index (χ2v) is 8.59. The quantitative estimate of drug-likeness (QED) is 0.204. The monoisotopic (exact) mass is 555 g/mol. The third-order valence-electron chi connectivity index (χ3n) is 5.91. The van der Waals surface area contributed by atoms with Crippen LogP contribution in [0, 0.1) is 5.82 Å². The van der Waals surface area contributed by atoms with Crippen LogP contribution in [0.4, 0.5) is 14.9 Å². The lowest BCUT2D eigenvalue weighted by Crippen LogP contribution is -2.49. The van der Waals surface area contributed by atoms with Crippen LogP contribution in [0.2, 0.25) is 0 Å². The minimum absolute atomic E-state index is 0.00163. The van der Waals surface area contributed by atoms with Gasteiger partial charge in [0, 0.05) is 43.8 Å². The van der Waals surface area contributed by atoms with Crippen LogP contribution in [0.5, 0.6) is 0 Å². The third kappa shape index (κ3) is 6.68. The molecule has 1 saturated carbocycles. The van der Waals surface area contributed by atoms with E-state index >= 15 is 4.39 Å². The number of anilines is 1. The molecule has 204 valence electrons. The second kappa shape index (κ2) is 12.5. The number of carboxylic acid groups (broad SMARTS) is 1. The van der Waals surface area contributed by atoms with Crippen LogP contribution in [-0.2, 0) is 18.9 Å². The molecule has 2 aromatic rings. The zero-order chi connectivity index (χ0) is 28.0. The number of amides is 2. The molecule has 1 aromatic heterocycles. The first-order valence-electron chi connectivity index (χ1n) is 11.3. The van der Waals surface area contributed by atoms with Crippen LogP contribution >= 0.6 is 8.69 Å². The maximum Gasteiger partial charge on any atom is 0.491 e. The molecule has 14 nitrogen and oxygen atoms in total. The maximum atomic E-state index is 15.0. The molecule has 4 N–H and O–H groups in total.